The molecule has 3 heterocycles. The van der Waals surface area contributed by atoms with Crippen LogP contribution in [0.5, 0.6) is 0 Å². The van der Waals surface area contributed by atoms with E-state index in [1.807, 2.05) is 0 Å². The van der Waals surface area contributed by atoms with Crippen LogP contribution in [0.2, 0.25) is 0 Å². The summed E-state index contributed by atoms with van der Waals surface area (Å²) in [6, 6.07) is 28.5. The Kier molecular flexibility index (Phi) is 9.55. The summed E-state index contributed by atoms with van der Waals surface area (Å²) < 4.78 is 15.9. The van der Waals surface area contributed by atoms with Crippen LogP contribution >= 0.6 is 0 Å². The molecule has 0 aliphatic heterocycles. The van der Waals surface area contributed by atoms with Gasteiger partial charge in [-0.15, -0.1) is 0 Å². The maximum Gasteiger partial charge on any atom is 0.227 e. The molecule has 0 amide bonds. The predicted octanol–water partition coefficient (Wildman–Crippen LogP) is 7.68. The van der Waals surface area contributed by atoms with Crippen molar-refractivity contribution in [3.05, 3.63) is 78.9 Å². The van der Waals surface area contributed by atoms with Crippen LogP contribution in [0.25, 0.3) is 22.8 Å². The molecule has 0 aliphatic rings. The Morgan fingerprint density at radius 2 is 0.854 bits per heavy atom. The second-order valence-electron chi connectivity index (χ2n) is 16.8. The summed E-state index contributed by atoms with van der Waals surface area (Å²) in [5, 5.41) is 0. The molecular weight excluding hydrogens is 623 g/mol. The molecule has 3 aromatic heterocycles. The van der Waals surface area contributed by atoms with E-state index in [4.69, 9.17) is 4.98 Å². The minimum Gasteiger partial charge on any atom is -0.429 e. The van der Waals surface area contributed by atoms with E-state index in [0.29, 0.717) is 0 Å². The minimum absolute atomic E-state index is 0.0528. The summed E-state index contributed by atoms with van der Waals surface area (Å²) in [7, 11) is -2.77. The largest absolute Gasteiger partial charge is 0.429 e. The number of aromatic nitrogens is 5. The van der Waals surface area contributed by atoms with Crippen molar-refractivity contribution in [3.63, 3.8) is 0 Å². The lowest BCUT2D eigenvalue weighted by molar-refractivity contribution is -0.715. The summed E-state index contributed by atoms with van der Waals surface area (Å²) in [4.78, 5) is 5.56. The van der Waals surface area contributed by atoms with Gasteiger partial charge in [-0.3, -0.25) is 0 Å². The first-order chi connectivity index (χ1) is 22.3. The zero-order chi connectivity index (χ0) is 35.4. The quantitative estimate of drug-likeness (QED) is 0.158. The molecular formula is C39H59N7Si2. The highest BCUT2D eigenvalue weighted by Gasteiger charge is 2.36. The molecule has 0 fully saturated rings. The molecule has 0 bridgehead atoms. The Bertz CT molecular complexity index is 1640. The molecule has 7 nitrogen and oxygen atoms in total. The van der Waals surface area contributed by atoms with Crippen LogP contribution in [-0.2, 0) is 22.2 Å². The van der Waals surface area contributed by atoms with Crippen LogP contribution < -0.4 is 17.6 Å². The molecule has 0 unspecified atom stereocenters. The van der Waals surface area contributed by atoms with Crippen LogP contribution in [0.3, 0.4) is 0 Å². The Morgan fingerprint density at radius 3 is 1.12 bits per heavy atom. The van der Waals surface area contributed by atoms with Crippen molar-refractivity contribution < 1.29 is 8.44 Å². The van der Waals surface area contributed by atoms with Gasteiger partial charge in [-0.1, -0.05) is 42.5 Å². The van der Waals surface area contributed by atoms with Crippen LogP contribution in [0.15, 0.2) is 78.9 Å². The molecule has 0 radical (unpaired) electrons. The van der Waals surface area contributed by atoms with E-state index in [9.17, 15) is 0 Å². The first kappa shape index (κ1) is 35.9. The summed E-state index contributed by atoms with van der Waals surface area (Å²) in [5.41, 5.74) is 2.34. The number of pyridine rings is 1. The second kappa shape index (κ2) is 12.8. The number of hydrogen-bond acceptors (Lipinski definition) is 3. The van der Waals surface area contributed by atoms with Crippen LogP contribution in [0.1, 0.15) is 96.9 Å². The van der Waals surface area contributed by atoms with Crippen molar-refractivity contribution in [2.45, 2.75) is 119 Å². The maximum atomic E-state index is 5.56. The lowest BCUT2D eigenvalue weighted by atomic mass is 10.1. The lowest BCUT2D eigenvalue weighted by Gasteiger charge is -2.52. The molecule has 0 spiro atoms. The van der Waals surface area contributed by atoms with Gasteiger partial charge in [-0.25, -0.2) is 0 Å². The normalized spacial score (nSPS) is 13.0. The molecule has 258 valence electrons. The third kappa shape index (κ3) is 6.48. The van der Waals surface area contributed by atoms with Gasteiger partial charge < -0.3 is 26.0 Å². The average molecular weight is 682 g/mol. The van der Waals surface area contributed by atoms with Crippen LogP contribution in [0, 0.1) is 0 Å². The summed E-state index contributed by atoms with van der Waals surface area (Å²) in [6.07, 6.45) is 0. The first-order valence-corrected chi connectivity index (χ1v) is 20.3. The van der Waals surface area contributed by atoms with E-state index in [1.165, 1.54) is 22.8 Å². The van der Waals surface area contributed by atoms with E-state index >= 15 is 0 Å². The molecule has 0 aliphatic carbocycles. The highest BCUT2D eigenvalue weighted by atomic mass is 28.3. The lowest BCUT2D eigenvalue weighted by Crippen LogP contribution is -2.75. The Balaban J connectivity index is 1.71. The van der Waals surface area contributed by atoms with Gasteiger partial charge in [-0.05, 0) is 133 Å². The molecule has 0 saturated heterocycles. The van der Waals surface area contributed by atoms with Gasteiger partial charge >= 0.3 is 0 Å². The fourth-order valence-electron chi connectivity index (χ4n) is 6.86. The van der Waals surface area contributed by atoms with Crippen molar-refractivity contribution in [3.8, 4) is 22.8 Å². The molecule has 2 aromatic carbocycles. The third-order valence-corrected chi connectivity index (χ3v) is 16.0. The topological polar surface area (TPSA) is 37.0 Å². The number of rotatable bonds is 8. The summed E-state index contributed by atoms with van der Waals surface area (Å²) >= 11 is 0. The van der Waals surface area contributed by atoms with Crippen molar-refractivity contribution in [1.82, 2.24) is 13.4 Å². The first-order valence-electron chi connectivity index (χ1n) is 17.6. The molecule has 5 rings (SSSR count). The highest BCUT2D eigenvalue weighted by Crippen LogP contribution is 2.32. The molecule has 9 heteroatoms. The molecule has 0 atom stereocenters. The van der Waals surface area contributed by atoms with E-state index in [1.54, 1.807) is 0 Å². The molecule has 0 saturated carbocycles. The van der Waals surface area contributed by atoms with Crippen molar-refractivity contribution in [1.29, 1.82) is 0 Å². The van der Waals surface area contributed by atoms with Gasteiger partial charge in [0.1, 0.15) is 23.3 Å². The fourth-order valence-corrected chi connectivity index (χ4v) is 13.2. The van der Waals surface area contributed by atoms with E-state index in [2.05, 4.69) is 202 Å². The number of anilines is 2. The standard InChI is InChI=1S/C39H59N7Si2/c1-15-41(47-43(36(3,4)5)34(44(47)37(6,7)8)30-24-19-17-20-25-30)32-28-23-29-33(40-32)42(16-2)48-45(38(9,10)11)35(46(48)39(12,13)14)31-26-21-18-22-27-31/h17-29H,15-16H2,1-14H3. The van der Waals surface area contributed by atoms with Gasteiger partial charge in [0, 0.05) is 46.4 Å². The van der Waals surface area contributed by atoms with Crippen molar-refractivity contribution in [2.75, 3.05) is 22.2 Å². The van der Waals surface area contributed by atoms with Gasteiger partial charge in [-0.2, -0.15) is 4.98 Å². The van der Waals surface area contributed by atoms with Crippen molar-refractivity contribution in [2.24, 2.45) is 0 Å². The smallest absolute Gasteiger partial charge is 0.227 e. The summed E-state index contributed by atoms with van der Waals surface area (Å²) in [5.74, 6) is 4.74. The van der Waals surface area contributed by atoms with E-state index in [0.717, 1.165) is 24.7 Å². The predicted molar refractivity (Wildman–Crippen MR) is 204 cm³/mol. The fraction of sp³-hybridized carbons (Fsp3) is 0.513. The number of nitrogens with zero attached hydrogens (tertiary/aromatic N) is 7. The van der Waals surface area contributed by atoms with E-state index in [-0.39, 0.29) is 22.2 Å². The summed E-state index contributed by atoms with van der Waals surface area (Å²) in [6.45, 7) is 34.5. The maximum absolute atomic E-state index is 5.56. The Morgan fingerprint density at radius 1 is 0.521 bits per heavy atom. The van der Waals surface area contributed by atoms with Crippen molar-refractivity contribution >= 4 is 29.4 Å². The van der Waals surface area contributed by atoms with Gasteiger partial charge in [0.2, 0.25) is 17.8 Å². The minimum atomic E-state index is -1.38. The molecule has 0 N–H and O–H groups in total. The monoisotopic (exact) mass is 681 g/mol. The molecule has 48 heavy (non-hydrogen) atoms. The highest BCUT2D eigenvalue weighted by molar-refractivity contribution is 6.45. The molecule has 5 aromatic rings. The van der Waals surface area contributed by atoms with Gasteiger partial charge in [0.15, 0.2) is 0 Å². The SMILES string of the molecule is CCN(c1cccc(N(CC)[si-]2n(C(C)(C)C)c(-c3ccccc3)[n+]2C(C)(C)C)n1)[si-]1n(C(C)(C)C)c(-c2ccccc2)[n+]1C(C)(C)C. The van der Waals surface area contributed by atoms with Crippen LogP contribution in [-0.4, -0.2) is 44.3 Å². The number of hydrogen-bond donors (Lipinski definition) is 0. The van der Waals surface area contributed by atoms with Gasteiger partial charge in [0.25, 0.3) is 0 Å². The number of benzene rings is 2. The Labute approximate surface area is 293 Å². The zero-order valence-electron chi connectivity index (χ0n) is 32.1. The second-order valence-corrected chi connectivity index (χ2v) is 20.9. The average Bonchev–Trinajstić information content (AvgIpc) is 2.94. The Hall–Kier alpha value is -3.44. The zero-order valence-corrected chi connectivity index (χ0v) is 34.1. The van der Waals surface area contributed by atoms with Crippen LogP contribution in [0.4, 0.5) is 11.6 Å². The third-order valence-electron chi connectivity index (χ3n) is 8.78. The van der Waals surface area contributed by atoms with Gasteiger partial charge in [0.05, 0.1) is 0 Å². The van der Waals surface area contributed by atoms with E-state index < -0.39 is 17.8 Å².